The topological polar surface area (TPSA) is 28.2 Å². The monoisotopic (exact) mass is 239 g/mol. The molecule has 0 saturated heterocycles. The number of fused-ring (bicyclic) bond motifs is 1. The number of hydrogen-bond acceptors (Lipinski definition) is 3. The van der Waals surface area contributed by atoms with E-state index in [2.05, 4.69) is 59.4 Å². The Morgan fingerprint density at radius 1 is 1.22 bits per heavy atom. The number of hydrogen-bond donors (Lipinski definition) is 1. The first kappa shape index (κ1) is 11.1. The fraction of sp³-hybridized carbons (Fsp3) is 0.267. The molecule has 0 amide bonds. The van der Waals surface area contributed by atoms with Gasteiger partial charge in [-0.05, 0) is 37.6 Å². The molecule has 1 aromatic carbocycles. The molecule has 1 aliphatic heterocycles. The number of rotatable bonds is 1. The smallest absolute Gasteiger partial charge is 0.156 e. The molecular formula is C15H17N3. The lowest BCUT2D eigenvalue weighted by molar-refractivity contribution is 0.748. The van der Waals surface area contributed by atoms with Crippen molar-refractivity contribution in [2.75, 3.05) is 16.8 Å². The molecule has 0 bridgehead atoms. The van der Waals surface area contributed by atoms with Crippen molar-refractivity contribution in [2.24, 2.45) is 0 Å². The summed E-state index contributed by atoms with van der Waals surface area (Å²) in [6.07, 6.45) is 1.85. The Morgan fingerprint density at radius 3 is 2.89 bits per heavy atom. The van der Waals surface area contributed by atoms with Crippen molar-refractivity contribution in [3.8, 4) is 0 Å². The highest BCUT2D eigenvalue weighted by molar-refractivity contribution is 5.76. The molecule has 1 atom stereocenters. The second kappa shape index (κ2) is 4.33. The van der Waals surface area contributed by atoms with Crippen LogP contribution in [0.25, 0.3) is 0 Å². The molecule has 0 aliphatic carbocycles. The highest BCUT2D eigenvalue weighted by atomic mass is 15.3. The minimum atomic E-state index is 0.418. The summed E-state index contributed by atoms with van der Waals surface area (Å²) in [4.78, 5) is 6.81. The lowest BCUT2D eigenvalue weighted by atomic mass is 10.1. The summed E-state index contributed by atoms with van der Waals surface area (Å²) in [6, 6.07) is 12.9. The fourth-order valence-corrected chi connectivity index (χ4v) is 2.47. The van der Waals surface area contributed by atoms with E-state index in [0.717, 1.165) is 18.1 Å². The van der Waals surface area contributed by atoms with Gasteiger partial charge in [-0.3, -0.25) is 0 Å². The third-order valence-corrected chi connectivity index (χ3v) is 3.31. The van der Waals surface area contributed by atoms with Gasteiger partial charge in [0.05, 0.1) is 5.69 Å². The van der Waals surface area contributed by atoms with E-state index in [-0.39, 0.29) is 0 Å². The minimum absolute atomic E-state index is 0.418. The molecule has 92 valence electrons. The number of aromatic nitrogens is 1. The zero-order valence-corrected chi connectivity index (χ0v) is 10.7. The Kier molecular flexibility index (Phi) is 2.67. The molecular weight excluding hydrogens is 222 g/mol. The second-order valence-corrected chi connectivity index (χ2v) is 4.82. The Morgan fingerprint density at radius 2 is 2.06 bits per heavy atom. The molecule has 0 unspecified atom stereocenters. The molecule has 18 heavy (non-hydrogen) atoms. The van der Waals surface area contributed by atoms with E-state index in [1.807, 2.05) is 12.3 Å². The maximum absolute atomic E-state index is 4.52. The quantitative estimate of drug-likeness (QED) is 0.827. The molecule has 3 heteroatoms. The van der Waals surface area contributed by atoms with Crippen LogP contribution in [0.5, 0.6) is 0 Å². The van der Waals surface area contributed by atoms with Crippen LogP contribution in [0, 0.1) is 6.92 Å². The summed E-state index contributed by atoms with van der Waals surface area (Å²) in [5.74, 6) is 1.02. The summed E-state index contributed by atoms with van der Waals surface area (Å²) in [5.41, 5.74) is 3.63. The number of nitrogens with one attached hydrogen (secondary N) is 1. The van der Waals surface area contributed by atoms with Crippen molar-refractivity contribution < 1.29 is 0 Å². The first-order valence-corrected chi connectivity index (χ1v) is 6.30. The SMILES string of the molecule is Cc1ccccc1N1C[C@H](C)Nc2cccnc21. The van der Waals surface area contributed by atoms with Gasteiger partial charge < -0.3 is 10.2 Å². The summed E-state index contributed by atoms with van der Waals surface area (Å²) in [7, 11) is 0. The van der Waals surface area contributed by atoms with Crippen LogP contribution in [0.15, 0.2) is 42.6 Å². The minimum Gasteiger partial charge on any atom is -0.378 e. The van der Waals surface area contributed by atoms with Gasteiger partial charge >= 0.3 is 0 Å². The van der Waals surface area contributed by atoms with Crippen LogP contribution in [-0.2, 0) is 0 Å². The predicted octanol–water partition coefficient (Wildman–Crippen LogP) is 3.34. The first-order valence-electron chi connectivity index (χ1n) is 6.30. The zero-order chi connectivity index (χ0) is 12.5. The van der Waals surface area contributed by atoms with Crippen LogP contribution in [-0.4, -0.2) is 17.6 Å². The van der Waals surface area contributed by atoms with Crippen LogP contribution < -0.4 is 10.2 Å². The maximum Gasteiger partial charge on any atom is 0.156 e. The zero-order valence-electron chi connectivity index (χ0n) is 10.7. The molecule has 1 aliphatic rings. The number of nitrogens with zero attached hydrogens (tertiary/aromatic N) is 2. The first-order chi connectivity index (χ1) is 8.75. The van der Waals surface area contributed by atoms with Crippen LogP contribution in [0.4, 0.5) is 17.2 Å². The summed E-state index contributed by atoms with van der Waals surface area (Å²) in [6.45, 7) is 5.28. The van der Waals surface area contributed by atoms with Crippen molar-refractivity contribution in [1.82, 2.24) is 4.98 Å². The van der Waals surface area contributed by atoms with Crippen molar-refractivity contribution >= 4 is 17.2 Å². The average Bonchev–Trinajstić information content (AvgIpc) is 2.38. The van der Waals surface area contributed by atoms with Gasteiger partial charge in [0.1, 0.15) is 0 Å². The largest absolute Gasteiger partial charge is 0.378 e. The summed E-state index contributed by atoms with van der Waals surface area (Å²) >= 11 is 0. The van der Waals surface area contributed by atoms with Gasteiger partial charge in [0.2, 0.25) is 0 Å². The van der Waals surface area contributed by atoms with Gasteiger partial charge in [-0.2, -0.15) is 0 Å². The highest BCUT2D eigenvalue weighted by Gasteiger charge is 2.23. The Labute approximate surface area is 107 Å². The van der Waals surface area contributed by atoms with Crippen molar-refractivity contribution in [3.63, 3.8) is 0 Å². The number of pyridine rings is 1. The van der Waals surface area contributed by atoms with Gasteiger partial charge in [0.25, 0.3) is 0 Å². The van der Waals surface area contributed by atoms with Crippen LogP contribution in [0.1, 0.15) is 12.5 Å². The summed E-state index contributed by atoms with van der Waals surface area (Å²) in [5, 5.41) is 3.47. The number of aryl methyl sites for hydroxylation is 1. The molecule has 1 aromatic heterocycles. The van der Waals surface area contributed by atoms with Crippen molar-refractivity contribution in [1.29, 1.82) is 0 Å². The van der Waals surface area contributed by atoms with E-state index in [9.17, 15) is 0 Å². The van der Waals surface area contributed by atoms with Gasteiger partial charge in [-0.15, -0.1) is 0 Å². The normalized spacial score (nSPS) is 18.1. The standard InChI is InChI=1S/C15H17N3/c1-11-6-3-4-8-14(11)18-10-12(2)17-13-7-5-9-16-15(13)18/h3-9,12,17H,10H2,1-2H3/t12-/m0/s1. The van der Waals surface area contributed by atoms with E-state index in [0.29, 0.717) is 6.04 Å². The maximum atomic E-state index is 4.52. The van der Waals surface area contributed by atoms with E-state index in [4.69, 9.17) is 0 Å². The second-order valence-electron chi connectivity index (χ2n) is 4.82. The molecule has 0 spiro atoms. The van der Waals surface area contributed by atoms with E-state index < -0.39 is 0 Å². The van der Waals surface area contributed by atoms with E-state index >= 15 is 0 Å². The third-order valence-electron chi connectivity index (χ3n) is 3.31. The highest BCUT2D eigenvalue weighted by Crippen LogP contribution is 2.35. The molecule has 2 aromatic rings. The number of benzene rings is 1. The molecule has 3 rings (SSSR count). The van der Waals surface area contributed by atoms with Gasteiger partial charge in [0, 0.05) is 24.5 Å². The van der Waals surface area contributed by atoms with Crippen LogP contribution >= 0.6 is 0 Å². The van der Waals surface area contributed by atoms with Crippen LogP contribution in [0.3, 0.4) is 0 Å². The van der Waals surface area contributed by atoms with Gasteiger partial charge in [0.15, 0.2) is 5.82 Å². The molecule has 3 nitrogen and oxygen atoms in total. The molecule has 0 fully saturated rings. The summed E-state index contributed by atoms with van der Waals surface area (Å²) < 4.78 is 0. The average molecular weight is 239 g/mol. The lowest BCUT2D eigenvalue weighted by Gasteiger charge is -2.35. The third kappa shape index (κ3) is 1.82. The van der Waals surface area contributed by atoms with Crippen molar-refractivity contribution in [3.05, 3.63) is 48.2 Å². The van der Waals surface area contributed by atoms with Crippen LogP contribution in [0.2, 0.25) is 0 Å². The van der Waals surface area contributed by atoms with E-state index in [1.54, 1.807) is 0 Å². The predicted molar refractivity (Wildman–Crippen MR) is 75.5 cm³/mol. The fourth-order valence-electron chi connectivity index (χ4n) is 2.47. The lowest BCUT2D eigenvalue weighted by Crippen LogP contribution is -2.37. The number of para-hydroxylation sites is 1. The Bertz CT molecular complexity index is 565. The number of anilines is 3. The van der Waals surface area contributed by atoms with Crippen molar-refractivity contribution in [2.45, 2.75) is 19.9 Å². The molecule has 2 heterocycles. The molecule has 0 radical (unpaired) electrons. The van der Waals surface area contributed by atoms with E-state index in [1.165, 1.54) is 11.3 Å². The van der Waals surface area contributed by atoms with Gasteiger partial charge in [-0.1, -0.05) is 18.2 Å². The van der Waals surface area contributed by atoms with Gasteiger partial charge in [-0.25, -0.2) is 4.98 Å². The molecule has 0 saturated carbocycles. The molecule has 1 N–H and O–H groups in total. The Balaban J connectivity index is 2.11. The Hall–Kier alpha value is -2.03.